The number of hydrogen-bond acceptors (Lipinski definition) is 3. The van der Waals surface area contributed by atoms with Crippen molar-refractivity contribution in [3.05, 3.63) is 38.3 Å². The van der Waals surface area contributed by atoms with Gasteiger partial charge in [0.1, 0.15) is 0 Å². The van der Waals surface area contributed by atoms with E-state index < -0.39 is 10.5 Å². The van der Waals surface area contributed by atoms with Crippen LogP contribution in [0.25, 0.3) is 0 Å². The highest BCUT2D eigenvalue weighted by Crippen LogP contribution is 2.07. The first kappa shape index (κ1) is 9.44. The number of nitro groups is 1. The topological polar surface area (TPSA) is 65.1 Å². The van der Waals surface area contributed by atoms with Gasteiger partial charge in [-0.15, -0.1) is 0 Å². The summed E-state index contributed by atoms with van der Waals surface area (Å²) in [6, 6.07) is 1.32. The highest BCUT2D eigenvalue weighted by Gasteiger charge is 2.13. The maximum absolute atomic E-state index is 11.2. The Morgan fingerprint density at radius 1 is 1.62 bits per heavy atom. The van der Waals surface area contributed by atoms with Gasteiger partial charge in [-0.3, -0.25) is 14.9 Å². The fourth-order valence-corrected chi connectivity index (χ4v) is 1.09. The molecule has 0 fully saturated rings. The van der Waals surface area contributed by atoms with Crippen LogP contribution in [0.3, 0.4) is 0 Å². The lowest BCUT2D eigenvalue weighted by Crippen LogP contribution is -2.19. The smallest absolute Gasteiger partial charge is 0.312 e. The van der Waals surface area contributed by atoms with Crippen molar-refractivity contribution in [1.82, 2.24) is 4.57 Å². The van der Waals surface area contributed by atoms with E-state index in [1.807, 2.05) is 6.92 Å². The quantitative estimate of drug-likeness (QED) is 0.503. The van der Waals surface area contributed by atoms with Gasteiger partial charge >= 0.3 is 11.2 Å². The summed E-state index contributed by atoms with van der Waals surface area (Å²) in [4.78, 5) is 21.0. The fraction of sp³-hybridized carbons (Fsp3) is 0.375. The second-order valence-electron chi connectivity index (χ2n) is 2.76. The van der Waals surface area contributed by atoms with E-state index in [4.69, 9.17) is 0 Å². The van der Waals surface area contributed by atoms with Gasteiger partial charge in [0.25, 0.3) is 0 Å². The summed E-state index contributed by atoms with van der Waals surface area (Å²) in [5, 5.41) is 10.4. The van der Waals surface area contributed by atoms with Crippen molar-refractivity contribution < 1.29 is 4.92 Å². The van der Waals surface area contributed by atoms with E-state index in [1.54, 1.807) is 6.20 Å². The molecule has 13 heavy (non-hydrogen) atoms. The third-order valence-electron chi connectivity index (χ3n) is 1.83. The van der Waals surface area contributed by atoms with Crippen molar-refractivity contribution in [3.8, 4) is 0 Å². The molecular formula is C8H10N2O3. The molecule has 0 radical (unpaired) electrons. The minimum atomic E-state index is -0.651. The molecule has 0 aromatic carbocycles. The SMILES string of the molecule is CCc1cc([N+](=O)[O-])c(=O)n(C)c1. The molecule has 0 N–H and O–H groups in total. The summed E-state index contributed by atoms with van der Waals surface area (Å²) in [6.07, 6.45) is 2.28. The number of rotatable bonds is 2. The van der Waals surface area contributed by atoms with Gasteiger partial charge in [-0.25, -0.2) is 0 Å². The van der Waals surface area contributed by atoms with Gasteiger partial charge in [-0.05, 0) is 12.0 Å². The molecule has 0 aliphatic rings. The molecular weight excluding hydrogens is 172 g/mol. The summed E-state index contributed by atoms with van der Waals surface area (Å²) >= 11 is 0. The molecule has 0 aliphatic heterocycles. The number of hydrogen-bond donors (Lipinski definition) is 0. The lowest BCUT2D eigenvalue weighted by atomic mass is 10.2. The molecule has 0 amide bonds. The maximum atomic E-state index is 11.2. The first-order valence-corrected chi connectivity index (χ1v) is 3.90. The Labute approximate surface area is 74.8 Å². The van der Waals surface area contributed by atoms with Gasteiger partial charge in [0.05, 0.1) is 4.92 Å². The van der Waals surface area contributed by atoms with E-state index >= 15 is 0 Å². The Morgan fingerprint density at radius 3 is 2.69 bits per heavy atom. The van der Waals surface area contributed by atoms with Gasteiger partial charge in [-0.2, -0.15) is 0 Å². The monoisotopic (exact) mass is 182 g/mol. The van der Waals surface area contributed by atoms with Crippen LogP contribution in [0.2, 0.25) is 0 Å². The van der Waals surface area contributed by atoms with Crippen LogP contribution in [-0.4, -0.2) is 9.49 Å². The molecule has 0 saturated carbocycles. The number of aromatic nitrogens is 1. The average Bonchev–Trinajstić information content (AvgIpc) is 2.09. The van der Waals surface area contributed by atoms with E-state index in [0.717, 1.165) is 5.56 Å². The predicted molar refractivity (Wildman–Crippen MR) is 47.7 cm³/mol. The lowest BCUT2D eigenvalue weighted by Gasteiger charge is -2.00. The van der Waals surface area contributed by atoms with Crippen molar-refractivity contribution in [2.24, 2.45) is 7.05 Å². The molecule has 70 valence electrons. The van der Waals surface area contributed by atoms with Crippen LogP contribution >= 0.6 is 0 Å². The molecule has 1 heterocycles. The van der Waals surface area contributed by atoms with Crippen LogP contribution in [0.5, 0.6) is 0 Å². The summed E-state index contributed by atoms with van der Waals surface area (Å²) in [7, 11) is 1.51. The second kappa shape index (κ2) is 3.38. The van der Waals surface area contributed by atoms with E-state index in [1.165, 1.54) is 17.7 Å². The van der Waals surface area contributed by atoms with Gasteiger partial charge in [-0.1, -0.05) is 6.92 Å². The molecule has 5 heteroatoms. The molecule has 1 aromatic heterocycles. The van der Waals surface area contributed by atoms with Crippen molar-refractivity contribution in [2.75, 3.05) is 0 Å². The van der Waals surface area contributed by atoms with Crippen molar-refractivity contribution in [2.45, 2.75) is 13.3 Å². The first-order chi connectivity index (χ1) is 6.06. The summed E-state index contributed by atoms with van der Waals surface area (Å²) in [5.74, 6) is 0. The van der Waals surface area contributed by atoms with Crippen molar-refractivity contribution in [1.29, 1.82) is 0 Å². The van der Waals surface area contributed by atoms with Crippen LogP contribution in [-0.2, 0) is 13.5 Å². The Kier molecular flexibility index (Phi) is 2.46. The van der Waals surface area contributed by atoms with Gasteiger partial charge in [0, 0.05) is 19.3 Å². The Balaban J connectivity index is 3.42. The molecule has 5 nitrogen and oxygen atoms in total. The largest absolute Gasteiger partial charge is 0.334 e. The molecule has 0 aliphatic carbocycles. The molecule has 0 spiro atoms. The normalized spacial score (nSPS) is 10.0. The minimum Gasteiger partial charge on any atom is -0.312 e. The zero-order valence-electron chi connectivity index (χ0n) is 7.48. The summed E-state index contributed by atoms with van der Waals surface area (Å²) < 4.78 is 1.23. The third-order valence-corrected chi connectivity index (χ3v) is 1.83. The van der Waals surface area contributed by atoms with Crippen LogP contribution in [0.1, 0.15) is 12.5 Å². The van der Waals surface area contributed by atoms with Crippen LogP contribution < -0.4 is 5.56 Å². The lowest BCUT2D eigenvalue weighted by molar-refractivity contribution is -0.386. The Bertz CT molecular complexity index is 395. The Hall–Kier alpha value is -1.65. The maximum Gasteiger partial charge on any atom is 0.334 e. The van der Waals surface area contributed by atoms with E-state index in [0.29, 0.717) is 6.42 Å². The van der Waals surface area contributed by atoms with E-state index in [-0.39, 0.29) is 5.69 Å². The van der Waals surface area contributed by atoms with Gasteiger partial charge in [0.15, 0.2) is 0 Å². The summed E-state index contributed by atoms with van der Waals surface area (Å²) in [5.41, 5.74) is -0.141. The minimum absolute atomic E-state index is 0.359. The molecule has 1 aromatic rings. The van der Waals surface area contributed by atoms with Gasteiger partial charge in [0.2, 0.25) is 0 Å². The molecule has 0 bridgehead atoms. The van der Waals surface area contributed by atoms with E-state index in [2.05, 4.69) is 0 Å². The molecule has 0 saturated heterocycles. The van der Waals surface area contributed by atoms with Crippen LogP contribution in [0, 0.1) is 10.1 Å². The zero-order valence-corrected chi connectivity index (χ0v) is 7.48. The van der Waals surface area contributed by atoms with E-state index in [9.17, 15) is 14.9 Å². The highest BCUT2D eigenvalue weighted by molar-refractivity contribution is 5.30. The number of aryl methyl sites for hydroxylation is 2. The number of pyridine rings is 1. The fourth-order valence-electron chi connectivity index (χ4n) is 1.09. The standard InChI is InChI=1S/C8H10N2O3/c1-3-6-4-7(10(12)13)8(11)9(2)5-6/h4-5H,3H2,1-2H3. The van der Waals surface area contributed by atoms with Crippen molar-refractivity contribution >= 4 is 5.69 Å². The molecule has 1 rings (SSSR count). The highest BCUT2D eigenvalue weighted by atomic mass is 16.6. The number of nitrogens with zero attached hydrogens (tertiary/aromatic N) is 2. The molecule has 0 atom stereocenters. The Morgan fingerprint density at radius 2 is 2.23 bits per heavy atom. The third kappa shape index (κ3) is 1.74. The van der Waals surface area contributed by atoms with Crippen LogP contribution in [0.15, 0.2) is 17.1 Å². The predicted octanol–water partition coefficient (Wildman–Crippen LogP) is 0.856. The van der Waals surface area contributed by atoms with Crippen molar-refractivity contribution in [3.63, 3.8) is 0 Å². The average molecular weight is 182 g/mol. The summed E-state index contributed by atoms with van der Waals surface area (Å²) in [6.45, 7) is 1.88. The van der Waals surface area contributed by atoms with Crippen LogP contribution in [0.4, 0.5) is 5.69 Å². The molecule has 0 unspecified atom stereocenters. The second-order valence-corrected chi connectivity index (χ2v) is 2.76. The van der Waals surface area contributed by atoms with Gasteiger partial charge < -0.3 is 4.57 Å². The zero-order chi connectivity index (χ0) is 10.0. The first-order valence-electron chi connectivity index (χ1n) is 3.90.